The number of carboxylic acid groups (broad SMARTS) is 1. The van der Waals surface area contributed by atoms with Gasteiger partial charge in [-0.15, -0.1) is 0 Å². The fourth-order valence-corrected chi connectivity index (χ4v) is 2.56. The molecule has 6 nitrogen and oxygen atoms in total. The van der Waals surface area contributed by atoms with Gasteiger partial charge in [0.05, 0.1) is 18.7 Å². The minimum absolute atomic E-state index is 0.135. The SMILES string of the molecule is CCOC(=O)C1=C(C)N(Cc2ccccc2)C(=O)C(C(=O)O)C1. The van der Waals surface area contributed by atoms with Crippen molar-refractivity contribution in [1.82, 2.24) is 4.90 Å². The molecule has 23 heavy (non-hydrogen) atoms. The van der Waals surface area contributed by atoms with E-state index in [4.69, 9.17) is 4.74 Å². The third-order valence-corrected chi connectivity index (χ3v) is 3.82. The predicted molar refractivity (Wildman–Crippen MR) is 82.1 cm³/mol. The number of carbonyl (C=O) groups is 3. The highest BCUT2D eigenvalue weighted by Gasteiger charge is 2.39. The predicted octanol–water partition coefficient (Wildman–Crippen LogP) is 1.96. The highest BCUT2D eigenvalue weighted by Crippen LogP contribution is 2.30. The molecular weight excluding hydrogens is 298 g/mol. The third-order valence-electron chi connectivity index (χ3n) is 3.82. The topological polar surface area (TPSA) is 83.9 Å². The fraction of sp³-hybridized carbons (Fsp3) is 0.353. The van der Waals surface area contributed by atoms with Gasteiger partial charge in [0.1, 0.15) is 5.92 Å². The molecule has 2 rings (SSSR count). The summed E-state index contributed by atoms with van der Waals surface area (Å²) in [5.74, 6) is -3.57. The molecule has 1 aromatic rings. The monoisotopic (exact) mass is 317 g/mol. The molecule has 0 aromatic heterocycles. The van der Waals surface area contributed by atoms with E-state index in [-0.39, 0.29) is 25.1 Å². The number of carboxylic acids is 1. The molecule has 0 radical (unpaired) electrons. The maximum Gasteiger partial charge on any atom is 0.335 e. The van der Waals surface area contributed by atoms with Crippen LogP contribution in [0.5, 0.6) is 0 Å². The summed E-state index contributed by atoms with van der Waals surface area (Å²) < 4.78 is 4.99. The Labute approximate surface area is 134 Å². The first-order chi connectivity index (χ1) is 11.0. The van der Waals surface area contributed by atoms with Gasteiger partial charge in [0.2, 0.25) is 5.91 Å². The number of rotatable bonds is 5. The number of allylic oxidation sites excluding steroid dienone is 1. The molecule has 1 unspecified atom stereocenters. The average molecular weight is 317 g/mol. The second-order valence-electron chi connectivity index (χ2n) is 5.29. The summed E-state index contributed by atoms with van der Waals surface area (Å²) in [6.45, 7) is 3.74. The Hall–Kier alpha value is -2.63. The van der Waals surface area contributed by atoms with Crippen molar-refractivity contribution in [2.45, 2.75) is 26.8 Å². The normalized spacial score (nSPS) is 18.1. The van der Waals surface area contributed by atoms with E-state index < -0.39 is 23.8 Å². The molecule has 1 aliphatic heterocycles. The van der Waals surface area contributed by atoms with Gasteiger partial charge in [-0.05, 0) is 19.4 Å². The van der Waals surface area contributed by atoms with Crippen molar-refractivity contribution in [2.24, 2.45) is 5.92 Å². The Bertz CT molecular complexity index is 650. The molecule has 0 spiro atoms. The zero-order valence-corrected chi connectivity index (χ0v) is 13.1. The summed E-state index contributed by atoms with van der Waals surface area (Å²) in [6, 6.07) is 9.21. The average Bonchev–Trinajstić information content (AvgIpc) is 2.52. The molecule has 1 amide bonds. The molecule has 0 aliphatic carbocycles. The van der Waals surface area contributed by atoms with Crippen molar-refractivity contribution in [2.75, 3.05) is 6.61 Å². The minimum Gasteiger partial charge on any atom is -0.481 e. The van der Waals surface area contributed by atoms with Crippen LogP contribution in [0, 0.1) is 5.92 Å². The van der Waals surface area contributed by atoms with Gasteiger partial charge in [-0.1, -0.05) is 30.3 Å². The van der Waals surface area contributed by atoms with Gasteiger partial charge in [-0.25, -0.2) is 4.79 Å². The lowest BCUT2D eigenvalue weighted by atomic mass is 9.91. The zero-order chi connectivity index (χ0) is 17.0. The van der Waals surface area contributed by atoms with Crippen molar-refractivity contribution in [3.8, 4) is 0 Å². The van der Waals surface area contributed by atoms with Crippen LogP contribution >= 0.6 is 0 Å². The van der Waals surface area contributed by atoms with E-state index in [1.165, 1.54) is 4.90 Å². The standard InChI is InChI=1S/C17H19NO5/c1-3-23-17(22)13-9-14(16(20)21)15(19)18(11(13)2)10-12-7-5-4-6-8-12/h4-8,14H,3,9-10H2,1-2H3,(H,20,21). The highest BCUT2D eigenvalue weighted by molar-refractivity contribution is 6.02. The quantitative estimate of drug-likeness (QED) is 0.663. The third kappa shape index (κ3) is 3.59. The van der Waals surface area contributed by atoms with E-state index in [1.54, 1.807) is 13.8 Å². The van der Waals surface area contributed by atoms with Gasteiger partial charge in [0, 0.05) is 12.1 Å². The second-order valence-corrected chi connectivity index (χ2v) is 5.29. The molecule has 1 N–H and O–H groups in total. The number of ether oxygens (including phenoxy) is 1. The number of hydrogen-bond acceptors (Lipinski definition) is 4. The van der Waals surface area contributed by atoms with E-state index in [9.17, 15) is 19.5 Å². The Morgan fingerprint density at radius 1 is 1.30 bits per heavy atom. The lowest BCUT2D eigenvalue weighted by Gasteiger charge is -2.32. The Kier molecular flexibility index (Phi) is 5.16. The van der Waals surface area contributed by atoms with Crippen molar-refractivity contribution < 1.29 is 24.2 Å². The van der Waals surface area contributed by atoms with E-state index in [1.807, 2.05) is 30.3 Å². The number of aliphatic carboxylic acids is 1. The first-order valence-electron chi connectivity index (χ1n) is 7.40. The van der Waals surface area contributed by atoms with E-state index in [2.05, 4.69) is 0 Å². The summed E-state index contributed by atoms with van der Waals surface area (Å²) in [4.78, 5) is 37.3. The molecular formula is C17H19NO5. The van der Waals surface area contributed by atoms with Crippen LogP contribution in [0.4, 0.5) is 0 Å². The molecule has 1 aliphatic rings. The first kappa shape index (κ1) is 16.7. The van der Waals surface area contributed by atoms with E-state index >= 15 is 0 Å². The van der Waals surface area contributed by atoms with Crippen molar-refractivity contribution in [3.05, 3.63) is 47.2 Å². The van der Waals surface area contributed by atoms with Crippen LogP contribution in [0.15, 0.2) is 41.6 Å². The van der Waals surface area contributed by atoms with Crippen LogP contribution in [0.2, 0.25) is 0 Å². The summed E-state index contributed by atoms with van der Waals surface area (Å²) in [5.41, 5.74) is 1.55. The maximum atomic E-state index is 12.5. The van der Waals surface area contributed by atoms with Gasteiger partial charge < -0.3 is 14.7 Å². The Balaban J connectivity index is 2.38. The smallest absolute Gasteiger partial charge is 0.335 e. The number of benzene rings is 1. The first-order valence-corrected chi connectivity index (χ1v) is 7.40. The summed E-state index contributed by atoms with van der Waals surface area (Å²) >= 11 is 0. The van der Waals surface area contributed by atoms with Gasteiger partial charge in [-0.3, -0.25) is 9.59 Å². The summed E-state index contributed by atoms with van der Waals surface area (Å²) in [7, 11) is 0. The van der Waals surface area contributed by atoms with Gasteiger partial charge >= 0.3 is 11.9 Å². The zero-order valence-electron chi connectivity index (χ0n) is 13.1. The number of amides is 1. The van der Waals surface area contributed by atoms with Gasteiger partial charge in [-0.2, -0.15) is 0 Å². The Morgan fingerprint density at radius 3 is 2.52 bits per heavy atom. The number of hydrogen-bond donors (Lipinski definition) is 1. The van der Waals surface area contributed by atoms with Crippen molar-refractivity contribution in [3.63, 3.8) is 0 Å². The van der Waals surface area contributed by atoms with E-state index in [0.717, 1.165) is 5.56 Å². The molecule has 1 atom stereocenters. The molecule has 1 aromatic carbocycles. The molecule has 0 bridgehead atoms. The van der Waals surface area contributed by atoms with Crippen molar-refractivity contribution >= 4 is 17.8 Å². The lowest BCUT2D eigenvalue weighted by Crippen LogP contribution is -2.43. The number of nitrogens with zero attached hydrogens (tertiary/aromatic N) is 1. The van der Waals surface area contributed by atoms with Gasteiger partial charge in [0.15, 0.2) is 0 Å². The second kappa shape index (κ2) is 7.09. The summed E-state index contributed by atoms with van der Waals surface area (Å²) in [5, 5.41) is 9.29. The molecule has 122 valence electrons. The van der Waals surface area contributed by atoms with Crippen LogP contribution in [-0.4, -0.2) is 34.5 Å². The van der Waals surface area contributed by atoms with Crippen LogP contribution in [-0.2, 0) is 25.7 Å². The maximum absolute atomic E-state index is 12.5. The number of carbonyl (C=O) groups excluding carboxylic acids is 2. The summed E-state index contributed by atoms with van der Waals surface area (Å²) in [6.07, 6.45) is -0.135. The number of esters is 1. The molecule has 0 saturated heterocycles. The Morgan fingerprint density at radius 2 is 1.96 bits per heavy atom. The molecule has 0 saturated carbocycles. The molecule has 0 fully saturated rings. The van der Waals surface area contributed by atoms with Crippen molar-refractivity contribution in [1.29, 1.82) is 0 Å². The highest BCUT2D eigenvalue weighted by atomic mass is 16.5. The fourth-order valence-electron chi connectivity index (χ4n) is 2.56. The lowest BCUT2D eigenvalue weighted by molar-refractivity contribution is -0.151. The molecule has 1 heterocycles. The largest absolute Gasteiger partial charge is 0.481 e. The van der Waals surface area contributed by atoms with E-state index in [0.29, 0.717) is 5.70 Å². The van der Waals surface area contributed by atoms with Gasteiger partial charge in [0.25, 0.3) is 0 Å². The van der Waals surface area contributed by atoms with Crippen LogP contribution in [0.25, 0.3) is 0 Å². The molecule has 6 heteroatoms. The van der Waals surface area contributed by atoms with Crippen LogP contribution in [0.1, 0.15) is 25.8 Å². The van der Waals surface area contributed by atoms with Crippen LogP contribution < -0.4 is 0 Å². The minimum atomic E-state index is -1.26. The van der Waals surface area contributed by atoms with Crippen LogP contribution in [0.3, 0.4) is 0 Å².